The first-order chi connectivity index (χ1) is 10.9. The number of halogens is 3. The van der Waals surface area contributed by atoms with Crippen LogP contribution in [0.3, 0.4) is 0 Å². The van der Waals surface area contributed by atoms with E-state index in [1.165, 1.54) is 12.1 Å². The molecule has 0 spiro atoms. The van der Waals surface area contributed by atoms with Crippen LogP contribution in [0.1, 0.15) is 0 Å². The topological polar surface area (TPSA) is 64.8 Å². The van der Waals surface area contributed by atoms with Crippen LogP contribution in [0.5, 0.6) is 0 Å². The summed E-state index contributed by atoms with van der Waals surface area (Å²) in [7, 11) is -4.33. The van der Waals surface area contributed by atoms with Crippen molar-refractivity contribution in [3.05, 3.63) is 66.5 Å². The van der Waals surface area contributed by atoms with E-state index in [0.717, 1.165) is 36.8 Å². The molecule has 0 aliphatic rings. The van der Waals surface area contributed by atoms with Gasteiger partial charge in [0, 0.05) is 12.4 Å². The van der Waals surface area contributed by atoms with Crippen LogP contribution >= 0.6 is 0 Å². The summed E-state index contributed by atoms with van der Waals surface area (Å²) < 4.78 is 66.3. The summed E-state index contributed by atoms with van der Waals surface area (Å²) in [6, 6.07) is 5.27. The first-order valence-electron chi connectivity index (χ1n) is 6.26. The Bertz CT molecular complexity index is 969. The number of hydrogen-bond acceptors (Lipinski definition) is 4. The van der Waals surface area contributed by atoms with Gasteiger partial charge in [0.05, 0.1) is 11.8 Å². The molecule has 0 bridgehead atoms. The van der Waals surface area contributed by atoms with Crippen molar-refractivity contribution in [3.63, 3.8) is 0 Å². The summed E-state index contributed by atoms with van der Waals surface area (Å²) >= 11 is 0. The van der Waals surface area contributed by atoms with Crippen molar-refractivity contribution in [2.24, 2.45) is 0 Å². The molecule has 9 heteroatoms. The first kappa shape index (κ1) is 15.2. The molecule has 3 aromatic rings. The number of hydrogen-bond donors (Lipinski definition) is 0. The van der Waals surface area contributed by atoms with E-state index >= 15 is 0 Å². The Morgan fingerprint density at radius 2 is 1.78 bits per heavy atom. The van der Waals surface area contributed by atoms with Crippen molar-refractivity contribution in [1.29, 1.82) is 0 Å². The predicted molar refractivity (Wildman–Crippen MR) is 74.4 cm³/mol. The SMILES string of the molecule is O=S(=O)(c1ccc(F)cn1)n1ccc(F)c1-c1cccnc1F. The van der Waals surface area contributed by atoms with Crippen molar-refractivity contribution in [3.8, 4) is 11.3 Å². The van der Waals surface area contributed by atoms with Crippen LogP contribution in [-0.2, 0) is 10.0 Å². The third-order valence-electron chi connectivity index (χ3n) is 3.04. The Morgan fingerprint density at radius 3 is 2.43 bits per heavy atom. The lowest BCUT2D eigenvalue weighted by molar-refractivity contribution is 0.573. The molecule has 0 radical (unpaired) electrons. The van der Waals surface area contributed by atoms with Gasteiger partial charge < -0.3 is 0 Å². The Balaban J connectivity index is 2.23. The molecule has 3 aromatic heterocycles. The monoisotopic (exact) mass is 339 g/mol. The Hall–Kier alpha value is -2.68. The Labute approximate surface area is 129 Å². The van der Waals surface area contributed by atoms with E-state index in [4.69, 9.17) is 0 Å². The van der Waals surface area contributed by atoms with Crippen LogP contribution in [0.2, 0.25) is 0 Å². The highest BCUT2D eigenvalue weighted by atomic mass is 32.2. The average Bonchev–Trinajstić information content (AvgIpc) is 2.90. The fraction of sp³-hybridized carbons (Fsp3) is 0. The molecule has 0 unspecified atom stereocenters. The molecule has 23 heavy (non-hydrogen) atoms. The van der Waals surface area contributed by atoms with Gasteiger partial charge in [-0.15, -0.1) is 0 Å². The second kappa shape index (κ2) is 5.51. The fourth-order valence-corrected chi connectivity index (χ4v) is 3.29. The Morgan fingerprint density at radius 1 is 1.00 bits per heavy atom. The summed E-state index contributed by atoms with van der Waals surface area (Å²) in [5.74, 6) is -2.68. The van der Waals surface area contributed by atoms with Gasteiger partial charge in [-0.25, -0.2) is 22.7 Å². The zero-order valence-corrected chi connectivity index (χ0v) is 12.1. The molecule has 3 heterocycles. The smallest absolute Gasteiger partial charge is 0.240 e. The lowest BCUT2D eigenvalue weighted by atomic mass is 10.2. The minimum atomic E-state index is -4.33. The van der Waals surface area contributed by atoms with Gasteiger partial charge in [0.15, 0.2) is 5.03 Å². The molecular weight excluding hydrogens is 331 g/mol. The maximum atomic E-state index is 14.0. The second-order valence-electron chi connectivity index (χ2n) is 4.47. The second-order valence-corrected chi connectivity index (χ2v) is 6.23. The molecule has 0 N–H and O–H groups in total. The van der Waals surface area contributed by atoms with Gasteiger partial charge in [0.25, 0.3) is 10.0 Å². The molecule has 0 fully saturated rings. The van der Waals surface area contributed by atoms with E-state index < -0.39 is 38.3 Å². The minimum absolute atomic E-state index is 0.319. The summed E-state index contributed by atoms with van der Waals surface area (Å²) in [5, 5.41) is -0.500. The highest BCUT2D eigenvalue weighted by Gasteiger charge is 2.26. The van der Waals surface area contributed by atoms with Gasteiger partial charge in [0.1, 0.15) is 17.3 Å². The van der Waals surface area contributed by atoms with Crippen LogP contribution in [0.15, 0.2) is 53.9 Å². The zero-order valence-electron chi connectivity index (χ0n) is 11.3. The summed E-state index contributed by atoms with van der Waals surface area (Å²) in [6.45, 7) is 0. The molecule has 0 atom stereocenters. The zero-order chi connectivity index (χ0) is 16.6. The van der Waals surface area contributed by atoms with Crippen LogP contribution in [-0.4, -0.2) is 22.4 Å². The quantitative estimate of drug-likeness (QED) is 0.688. The molecule has 0 amide bonds. The highest BCUT2D eigenvalue weighted by molar-refractivity contribution is 7.90. The van der Waals surface area contributed by atoms with Crippen LogP contribution < -0.4 is 0 Å². The van der Waals surface area contributed by atoms with Gasteiger partial charge in [-0.3, -0.25) is 0 Å². The van der Waals surface area contributed by atoms with Crippen molar-refractivity contribution in [1.82, 2.24) is 13.9 Å². The predicted octanol–water partition coefficient (Wildman–Crippen LogP) is 2.60. The maximum Gasteiger partial charge on any atom is 0.285 e. The summed E-state index contributed by atoms with van der Waals surface area (Å²) in [4.78, 5) is 6.85. The van der Waals surface area contributed by atoms with Gasteiger partial charge in [0.2, 0.25) is 5.95 Å². The van der Waals surface area contributed by atoms with E-state index in [9.17, 15) is 21.6 Å². The van der Waals surface area contributed by atoms with Gasteiger partial charge in [-0.1, -0.05) is 0 Å². The maximum absolute atomic E-state index is 14.0. The molecule has 3 rings (SSSR count). The normalized spacial score (nSPS) is 11.6. The van der Waals surface area contributed by atoms with Crippen LogP contribution in [0, 0.1) is 17.6 Å². The largest absolute Gasteiger partial charge is 0.285 e. The van der Waals surface area contributed by atoms with Crippen molar-refractivity contribution >= 4 is 10.0 Å². The minimum Gasteiger partial charge on any atom is -0.240 e. The highest BCUT2D eigenvalue weighted by Crippen LogP contribution is 2.28. The van der Waals surface area contributed by atoms with Crippen LogP contribution in [0.4, 0.5) is 13.2 Å². The van der Waals surface area contributed by atoms with Gasteiger partial charge in [-0.05, 0) is 30.3 Å². The lowest BCUT2D eigenvalue weighted by Crippen LogP contribution is -2.15. The molecule has 0 aromatic carbocycles. The third kappa shape index (κ3) is 2.59. The lowest BCUT2D eigenvalue weighted by Gasteiger charge is -2.10. The standard InChI is InChI=1S/C14H8F3N3O2S/c15-9-3-4-12(19-8-9)23(21,22)20-7-5-11(16)13(20)10-2-1-6-18-14(10)17/h1-8H. The first-order valence-corrected chi connectivity index (χ1v) is 7.70. The van der Waals surface area contributed by atoms with E-state index in [1.54, 1.807) is 0 Å². The fourth-order valence-electron chi connectivity index (χ4n) is 2.02. The molecule has 0 saturated carbocycles. The molecule has 118 valence electrons. The van der Waals surface area contributed by atoms with Gasteiger partial charge in [-0.2, -0.15) is 12.8 Å². The van der Waals surface area contributed by atoms with Gasteiger partial charge >= 0.3 is 0 Å². The number of nitrogens with zero attached hydrogens (tertiary/aromatic N) is 3. The van der Waals surface area contributed by atoms with E-state index in [1.807, 2.05) is 0 Å². The molecule has 5 nitrogen and oxygen atoms in total. The van der Waals surface area contributed by atoms with Crippen molar-refractivity contribution in [2.45, 2.75) is 5.03 Å². The average molecular weight is 339 g/mol. The van der Waals surface area contributed by atoms with Crippen molar-refractivity contribution < 1.29 is 21.6 Å². The van der Waals surface area contributed by atoms with E-state index in [0.29, 0.717) is 3.97 Å². The van der Waals surface area contributed by atoms with Crippen molar-refractivity contribution in [2.75, 3.05) is 0 Å². The molecule has 0 aliphatic heterocycles. The van der Waals surface area contributed by atoms with E-state index in [2.05, 4.69) is 9.97 Å². The number of pyridine rings is 2. The Kier molecular flexibility index (Phi) is 3.64. The number of rotatable bonds is 3. The van der Waals surface area contributed by atoms with Crippen LogP contribution in [0.25, 0.3) is 11.3 Å². The third-order valence-corrected chi connectivity index (χ3v) is 4.63. The molecular formula is C14H8F3N3O2S. The summed E-state index contributed by atoms with van der Waals surface area (Å²) in [5.41, 5.74) is -0.831. The van der Waals surface area contributed by atoms with E-state index in [-0.39, 0.29) is 5.56 Å². The number of aromatic nitrogens is 3. The molecule has 0 aliphatic carbocycles. The molecule has 0 saturated heterocycles. The summed E-state index contributed by atoms with van der Waals surface area (Å²) in [6.07, 6.45) is 2.80.